The van der Waals surface area contributed by atoms with Crippen LogP contribution in [0.15, 0.2) is 53.0 Å². The second kappa shape index (κ2) is 8.91. The molecule has 2 aromatic carbocycles. The molecule has 0 saturated heterocycles. The third-order valence-electron chi connectivity index (χ3n) is 3.20. The maximum Gasteiger partial charge on any atom is 0.279 e. The molecule has 1 amide bonds. The van der Waals surface area contributed by atoms with Crippen LogP contribution < -0.4 is 15.0 Å². The van der Waals surface area contributed by atoms with Crippen molar-refractivity contribution in [1.82, 2.24) is 0 Å². The van der Waals surface area contributed by atoms with Crippen molar-refractivity contribution in [2.75, 3.05) is 32.1 Å². The van der Waals surface area contributed by atoms with Gasteiger partial charge in [-0.25, -0.2) is 0 Å². The number of ether oxygens (including phenoxy) is 1. The molecule has 4 nitrogen and oxygen atoms in total. The highest BCUT2D eigenvalue weighted by Gasteiger charge is 2.11. The molecule has 0 spiro atoms. The summed E-state index contributed by atoms with van der Waals surface area (Å²) < 4.78 is 6.65. The lowest BCUT2D eigenvalue weighted by Crippen LogP contribution is -3.10. The minimum Gasteiger partial charge on any atom is -0.488 e. The average Bonchev–Trinajstić information content (AvgIpc) is 2.49. The van der Waals surface area contributed by atoms with E-state index in [1.165, 1.54) is 0 Å². The van der Waals surface area contributed by atoms with E-state index >= 15 is 0 Å². The Hall–Kier alpha value is -1.56. The Bertz CT molecular complexity index is 667. The smallest absolute Gasteiger partial charge is 0.279 e. The van der Waals surface area contributed by atoms with Crippen molar-refractivity contribution in [3.63, 3.8) is 0 Å². The summed E-state index contributed by atoms with van der Waals surface area (Å²) in [5.74, 6) is 0.741. The maximum atomic E-state index is 12.0. The Morgan fingerprint density at radius 2 is 2.04 bits per heavy atom. The summed E-state index contributed by atoms with van der Waals surface area (Å²) in [4.78, 5) is 13.1. The summed E-state index contributed by atoms with van der Waals surface area (Å²) in [6.45, 7) is 1.62. The molecule has 0 aromatic heterocycles. The van der Waals surface area contributed by atoms with Gasteiger partial charge in [-0.05, 0) is 30.3 Å². The van der Waals surface area contributed by atoms with Crippen LogP contribution in [0.1, 0.15) is 0 Å². The summed E-state index contributed by atoms with van der Waals surface area (Å²) in [5, 5.41) is 3.36. The molecule has 2 aromatic rings. The van der Waals surface area contributed by atoms with Crippen molar-refractivity contribution < 1.29 is 14.4 Å². The van der Waals surface area contributed by atoms with Crippen LogP contribution >= 0.6 is 27.5 Å². The first-order valence-corrected chi connectivity index (χ1v) is 8.46. The van der Waals surface area contributed by atoms with Gasteiger partial charge in [-0.2, -0.15) is 0 Å². The molecular weight excluding hydrogens is 380 g/mol. The van der Waals surface area contributed by atoms with Crippen molar-refractivity contribution in [3.05, 3.63) is 58.0 Å². The van der Waals surface area contributed by atoms with Gasteiger partial charge < -0.3 is 15.0 Å². The van der Waals surface area contributed by atoms with E-state index < -0.39 is 0 Å². The maximum absolute atomic E-state index is 12.0. The van der Waals surface area contributed by atoms with Gasteiger partial charge in [0, 0.05) is 4.47 Å². The Morgan fingerprint density at radius 3 is 2.78 bits per heavy atom. The summed E-state index contributed by atoms with van der Waals surface area (Å²) >= 11 is 9.43. The lowest BCUT2D eigenvalue weighted by atomic mass is 10.3. The lowest BCUT2D eigenvalue weighted by Gasteiger charge is -2.15. The van der Waals surface area contributed by atoms with Crippen molar-refractivity contribution >= 4 is 39.1 Å². The van der Waals surface area contributed by atoms with E-state index in [4.69, 9.17) is 16.3 Å². The topological polar surface area (TPSA) is 42.8 Å². The Balaban J connectivity index is 1.73. The molecule has 0 aliphatic rings. The van der Waals surface area contributed by atoms with E-state index in [2.05, 4.69) is 21.2 Å². The van der Waals surface area contributed by atoms with Crippen LogP contribution in [0.25, 0.3) is 0 Å². The van der Waals surface area contributed by atoms with E-state index in [-0.39, 0.29) is 5.91 Å². The number of hydrogen-bond acceptors (Lipinski definition) is 2. The number of rotatable bonds is 7. The Kier molecular flexibility index (Phi) is 6.89. The third kappa shape index (κ3) is 6.22. The first-order valence-electron chi connectivity index (χ1n) is 7.28. The summed E-state index contributed by atoms with van der Waals surface area (Å²) in [6.07, 6.45) is 0. The number of halogens is 2. The zero-order chi connectivity index (χ0) is 16.7. The quantitative estimate of drug-likeness (QED) is 0.753. The lowest BCUT2D eigenvalue weighted by molar-refractivity contribution is -0.871. The molecule has 0 saturated carbocycles. The largest absolute Gasteiger partial charge is 0.488 e. The molecule has 1 atom stereocenters. The molecule has 0 fully saturated rings. The Morgan fingerprint density at radius 1 is 1.26 bits per heavy atom. The molecule has 1 unspecified atom stereocenters. The number of nitrogens with one attached hydrogen (secondary N) is 2. The zero-order valence-corrected chi connectivity index (χ0v) is 15.2. The second-order valence-corrected chi connectivity index (χ2v) is 6.54. The van der Waals surface area contributed by atoms with Gasteiger partial charge in [0.15, 0.2) is 6.54 Å². The highest BCUT2D eigenvalue weighted by Crippen LogP contribution is 2.20. The summed E-state index contributed by atoms with van der Waals surface area (Å²) in [5.41, 5.74) is 0.636. The van der Waals surface area contributed by atoms with Gasteiger partial charge in [-0.15, -0.1) is 0 Å². The SMILES string of the molecule is C[NH+](CCOc1cccc(Br)c1)CC(=O)Nc1ccccc1Cl. The minimum absolute atomic E-state index is 0.0712. The van der Waals surface area contributed by atoms with E-state index in [0.717, 1.165) is 21.7 Å². The fourth-order valence-electron chi connectivity index (χ4n) is 2.02. The standard InChI is InChI=1S/C17H18BrClN2O2/c1-21(9-10-23-14-6-4-5-13(18)11-14)12-17(22)20-16-8-3-2-7-15(16)19/h2-8,11H,9-10,12H2,1H3,(H,20,22)/p+1. The van der Waals surface area contributed by atoms with Gasteiger partial charge in [0.25, 0.3) is 5.91 Å². The summed E-state index contributed by atoms with van der Waals surface area (Å²) in [7, 11) is 1.95. The minimum atomic E-state index is -0.0712. The van der Waals surface area contributed by atoms with Gasteiger partial charge in [0.2, 0.25) is 0 Å². The zero-order valence-electron chi connectivity index (χ0n) is 12.8. The number of para-hydroxylation sites is 1. The third-order valence-corrected chi connectivity index (χ3v) is 4.03. The molecule has 0 bridgehead atoms. The monoisotopic (exact) mass is 397 g/mol. The van der Waals surface area contributed by atoms with Gasteiger partial charge in [-0.3, -0.25) is 4.79 Å². The summed E-state index contributed by atoms with van der Waals surface area (Å²) in [6, 6.07) is 14.9. The number of carbonyl (C=O) groups is 1. The molecule has 2 rings (SSSR count). The van der Waals surface area contributed by atoms with E-state index in [1.54, 1.807) is 12.1 Å². The van der Waals surface area contributed by atoms with Crippen LogP contribution in [-0.4, -0.2) is 32.7 Å². The van der Waals surface area contributed by atoms with Crippen LogP contribution in [0.3, 0.4) is 0 Å². The number of quaternary nitrogens is 1. The van der Waals surface area contributed by atoms with E-state index in [0.29, 0.717) is 23.9 Å². The molecule has 0 heterocycles. The van der Waals surface area contributed by atoms with Crippen molar-refractivity contribution in [2.24, 2.45) is 0 Å². The van der Waals surface area contributed by atoms with Crippen LogP contribution in [0, 0.1) is 0 Å². The molecule has 0 radical (unpaired) electrons. The molecule has 23 heavy (non-hydrogen) atoms. The van der Waals surface area contributed by atoms with Gasteiger partial charge in [-0.1, -0.05) is 45.7 Å². The molecule has 0 aliphatic heterocycles. The predicted octanol–water partition coefficient (Wildman–Crippen LogP) is 2.63. The van der Waals surface area contributed by atoms with Gasteiger partial charge in [0.05, 0.1) is 17.8 Å². The van der Waals surface area contributed by atoms with Crippen molar-refractivity contribution in [3.8, 4) is 5.75 Å². The van der Waals surface area contributed by atoms with E-state index in [9.17, 15) is 4.79 Å². The number of anilines is 1. The van der Waals surface area contributed by atoms with Crippen LogP contribution in [-0.2, 0) is 4.79 Å². The normalized spacial score (nSPS) is 11.8. The highest BCUT2D eigenvalue weighted by atomic mass is 79.9. The van der Waals surface area contributed by atoms with Crippen LogP contribution in [0.2, 0.25) is 5.02 Å². The number of amides is 1. The van der Waals surface area contributed by atoms with Crippen molar-refractivity contribution in [2.45, 2.75) is 0 Å². The first kappa shape index (κ1) is 17.8. The fraction of sp³-hybridized carbons (Fsp3) is 0.235. The molecular formula is C17H19BrClN2O2+. The molecule has 0 aliphatic carbocycles. The molecule has 2 N–H and O–H groups in total. The average molecular weight is 399 g/mol. The van der Waals surface area contributed by atoms with Crippen LogP contribution in [0.5, 0.6) is 5.75 Å². The van der Waals surface area contributed by atoms with Gasteiger partial charge in [0.1, 0.15) is 18.9 Å². The highest BCUT2D eigenvalue weighted by molar-refractivity contribution is 9.10. The number of likely N-dealkylation sites (N-methyl/N-ethyl adjacent to an activating group) is 1. The number of carbonyl (C=O) groups excluding carboxylic acids is 1. The van der Waals surface area contributed by atoms with Crippen molar-refractivity contribution in [1.29, 1.82) is 0 Å². The van der Waals surface area contributed by atoms with Gasteiger partial charge >= 0.3 is 0 Å². The van der Waals surface area contributed by atoms with E-state index in [1.807, 2.05) is 43.4 Å². The Labute approximate surface area is 149 Å². The first-order chi connectivity index (χ1) is 11.0. The number of benzene rings is 2. The van der Waals surface area contributed by atoms with Crippen LogP contribution in [0.4, 0.5) is 5.69 Å². The second-order valence-electron chi connectivity index (χ2n) is 5.22. The predicted molar refractivity (Wildman–Crippen MR) is 96.3 cm³/mol. The molecule has 6 heteroatoms. The fourth-order valence-corrected chi connectivity index (χ4v) is 2.58. The molecule has 122 valence electrons. The number of hydrogen-bond donors (Lipinski definition) is 2.